The number of hydrogen-bond donors (Lipinski definition) is 2. The number of thiocarbonyl (C=S) groups is 1. The Bertz CT molecular complexity index is 711. The van der Waals surface area contributed by atoms with Crippen LogP contribution in [0.1, 0.15) is 25.3 Å². The molecule has 0 radical (unpaired) electrons. The molecule has 0 bridgehead atoms. The lowest BCUT2D eigenvalue weighted by Gasteiger charge is -2.36. The quantitative estimate of drug-likeness (QED) is 0.544. The van der Waals surface area contributed by atoms with Gasteiger partial charge in [0.1, 0.15) is 6.04 Å². The minimum absolute atomic E-state index is 0.122. The predicted molar refractivity (Wildman–Crippen MR) is 105 cm³/mol. The predicted octanol–water partition coefficient (Wildman–Crippen LogP) is 1.43. The first kappa shape index (κ1) is 21.1. The van der Waals surface area contributed by atoms with Gasteiger partial charge in [-0.05, 0) is 36.3 Å². The van der Waals surface area contributed by atoms with Gasteiger partial charge in [0.25, 0.3) is 0 Å². The minimum atomic E-state index is -0.800. The molecule has 1 aliphatic rings. The van der Waals surface area contributed by atoms with E-state index in [1.54, 1.807) is 29.2 Å². The van der Waals surface area contributed by atoms with Crippen LogP contribution in [0.5, 0.6) is 0 Å². The number of hydrogen-bond acceptors (Lipinski definition) is 5. The number of carbonyl (C=O) groups is 3. The summed E-state index contributed by atoms with van der Waals surface area (Å²) in [6.07, 6.45) is 0.699. The molecular formula is C18H22ClN3O4S. The molecule has 7 nitrogen and oxygen atoms in total. The van der Waals surface area contributed by atoms with Gasteiger partial charge in [-0.25, -0.2) is 0 Å². The molecule has 1 aliphatic heterocycles. The van der Waals surface area contributed by atoms with Crippen molar-refractivity contribution in [2.24, 2.45) is 0 Å². The average molecular weight is 412 g/mol. The minimum Gasteiger partial charge on any atom is -0.466 e. The molecule has 0 unspecified atom stereocenters. The number of halogens is 1. The molecule has 1 aromatic carbocycles. The lowest BCUT2D eigenvalue weighted by Crippen LogP contribution is -2.60. The number of nitrogens with one attached hydrogen (secondary N) is 2. The Morgan fingerprint density at radius 1 is 1.37 bits per heavy atom. The van der Waals surface area contributed by atoms with E-state index < -0.39 is 12.0 Å². The van der Waals surface area contributed by atoms with E-state index in [0.717, 1.165) is 5.56 Å². The number of amides is 2. The van der Waals surface area contributed by atoms with Crippen LogP contribution in [-0.4, -0.2) is 53.5 Å². The van der Waals surface area contributed by atoms with Crippen LogP contribution in [0.15, 0.2) is 24.3 Å². The van der Waals surface area contributed by atoms with Gasteiger partial charge in [0, 0.05) is 18.1 Å². The highest BCUT2D eigenvalue weighted by atomic mass is 35.5. The maximum atomic E-state index is 12.3. The van der Waals surface area contributed by atoms with Crippen LogP contribution in [0.3, 0.4) is 0 Å². The maximum absolute atomic E-state index is 12.3. The molecule has 0 aliphatic carbocycles. The fourth-order valence-electron chi connectivity index (χ4n) is 2.62. The molecular weight excluding hydrogens is 390 g/mol. The smallest absolute Gasteiger partial charge is 0.308 e. The molecule has 0 saturated carbocycles. The molecule has 1 fully saturated rings. The first-order valence-corrected chi connectivity index (χ1v) is 9.47. The van der Waals surface area contributed by atoms with Crippen LogP contribution >= 0.6 is 23.8 Å². The number of esters is 1. The summed E-state index contributed by atoms with van der Waals surface area (Å²) in [7, 11) is 0. The van der Waals surface area contributed by atoms with Gasteiger partial charge < -0.3 is 20.3 Å². The fourth-order valence-corrected chi connectivity index (χ4v) is 3.07. The topological polar surface area (TPSA) is 87.7 Å². The van der Waals surface area contributed by atoms with Crippen molar-refractivity contribution in [2.75, 3.05) is 19.7 Å². The number of nitrogens with zero attached hydrogens (tertiary/aromatic N) is 1. The summed E-state index contributed by atoms with van der Waals surface area (Å²) in [5, 5.41) is 6.05. The Hall–Kier alpha value is -2.19. The summed E-state index contributed by atoms with van der Waals surface area (Å²) in [5.74, 6) is -1.09. The Kier molecular flexibility index (Phi) is 7.99. The van der Waals surface area contributed by atoms with Gasteiger partial charge in [0.2, 0.25) is 11.8 Å². The second-order valence-electron chi connectivity index (χ2n) is 6.08. The van der Waals surface area contributed by atoms with Crippen LogP contribution in [0, 0.1) is 0 Å². The Labute approximate surface area is 168 Å². The van der Waals surface area contributed by atoms with Crippen molar-refractivity contribution in [3.63, 3.8) is 0 Å². The summed E-state index contributed by atoms with van der Waals surface area (Å²) in [6, 6.07) is 6.12. The van der Waals surface area contributed by atoms with E-state index in [1.807, 2.05) is 6.92 Å². The number of benzene rings is 1. The van der Waals surface area contributed by atoms with Crippen molar-refractivity contribution in [2.45, 2.75) is 32.2 Å². The van der Waals surface area contributed by atoms with Crippen molar-refractivity contribution in [3.05, 3.63) is 34.9 Å². The Morgan fingerprint density at radius 3 is 2.74 bits per heavy atom. The zero-order valence-electron chi connectivity index (χ0n) is 15.0. The standard InChI is InChI=1S/C18H22ClN3O4S/c1-2-9-26-16(24)11-14-17(25)20-7-8-22(14)18(27)21-15(23)10-12-3-5-13(19)6-4-12/h3-6,14H,2,7-11H2,1H3,(H,20,25)(H,21,23,27)/t14-/m0/s1. The van der Waals surface area contributed by atoms with E-state index in [9.17, 15) is 14.4 Å². The van der Waals surface area contributed by atoms with E-state index in [4.69, 9.17) is 28.6 Å². The number of piperazine rings is 1. The molecule has 1 atom stereocenters. The fraction of sp³-hybridized carbons (Fsp3) is 0.444. The summed E-state index contributed by atoms with van der Waals surface area (Å²) < 4.78 is 5.05. The highest BCUT2D eigenvalue weighted by molar-refractivity contribution is 7.80. The molecule has 2 rings (SSSR count). The van der Waals surface area contributed by atoms with E-state index in [2.05, 4.69) is 10.6 Å². The van der Waals surface area contributed by atoms with Gasteiger partial charge in [-0.3, -0.25) is 14.4 Å². The van der Waals surface area contributed by atoms with Crippen molar-refractivity contribution in [1.82, 2.24) is 15.5 Å². The second kappa shape index (κ2) is 10.2. The molecule has 2 N–H and O–H groups in total. The molecule has 0 spiro atoms. The van der Waals surface area contributed by atoms with Gasteiger partial charge in [-0.1, -0.05) is 30.7 Å². The lowest BCUT2D eigenvalue weighted by atomic mass is 10.1. The van der Waals surface area contributed by atoms with Gasteiger partial charge in [0.15, 0.2) is 5.11 Å². The SMILES string of the molecule is CCCOC(=O)C[C@H]1C(=O)NCCN1C(=S)NC(=O)Cc1ccc(Cl)cc1. The Morgan fingerprint density at radius 2 is 2.07 bits per heavy atom. The first-order chi connectivity index (χ1) is 12.9. The molecule has 146 valence electrons. The molecule has 1 aromatic rings. The Balaban J connectivity index is 1.96. The van der Waals surface area contributed by atoms with E-state index >= 15 is 0 Å². The van der Waals surface area contributed by atoms with Crippen LogP contribution < -0.4 is 10.6 Å². The van der Waals surface area contributed by atoms with Crippen molar-refractivity contribution >= 4 is 46.7 Å². The number of rotatable bonds is 6. The largest absolute Gasteiger partial charge is 0.466 e. The van der Waals surface area contributed by atoms with Crippen molar-refractivity contribution in [3.8, 4) is 0 Å². The molecule has 0 aromatic heterocycles. The summed E-state index contributed by atoms with van der Waals surface area (Å²) in [5.41, 5.74) is 0.788. The summed E-state index contributed by atoms with van der Waals surface area (Å²) >= 11 is 11.1. The van der Waals surface area contributed by atoms with E-state index in [-0.39, 0.29) is 29.8 Å². The van der Waals surface area contributed by atoms with Crippen LogP contribution in [0.25, 0.3) is 0 Å². The van der Waals surface area contributed by atoms with Crippen molar-refractivity contribution < 1.29 is 19.1 Å². The molecule has 1 heterocycles. The third kappa shape index (κ3) is 6.48. The molecule has 9 heteroatoms. The number of ether oxygens (including phenoxy) is 1. The summed E-state index contributed by atoms with van der Waals surface area (Å²) in [6.45, 7) is 2.97. The lowest BCUT2D eigenvalue weighted by molar-refractivity contribution is -0.147. The normalized spacial score (nSPS) is 16.4. The van der Waals surface area contributed by atoms with E-state index in [0.29, 0.717) is 31.1 Å². The number of carbonyl (C=O) groups excluding carboxylic acids is 3. The van der Waals surface area contributed by atoms with E-state index in [1.165, 1.54) is 0 Å². The highest BCUT2D eigenvalue weighted by Crippen LogP contribution is 2.12. The molecule has 1 saturated heterocycles. The molecule has 27 heavy (non-hydrogen) atoms. The third-order valence-corrected chi connectivity index (χ3v) is 4.53. The maximum Gasteiger partial charge on any atom is 0.308 e. The van der Waals surface area contributed by atoms with Gasteiger partial charge in [0.05, 0.1) is 19.4 Å². The van der Waals surface area contributed by atoms with Crippen molar-refractivity contribution in [1.29, 1.82) is 0 Å². The average Bonchev–Trinajstić information content (AvgIpc) is 2.63. The second-order valence-corrected chi connectivity index (χ2v) is 6.90. The monoisotopic (exact) mass is 411 g/mol. The van der Waals surface area contributed by atoms with Crippen LogP contribution in [-0.2, 0) is 25.5 Å². The first-order valence-electron chi connectivity index (χ1n) is 8.69. The third-order valence-electron chi connectivity index (χ3n) is 3.94. The zero-order chi connectivity index (χ0) is 19.8. The summed E-state index contributed by atoms with van der Waals surface area (Å²) in [4.78, 5) is 37.9. The highest BCUT2D eigenvalue weighted by Gasteiger charge is 2.34. The van der Waals surface area contributed by atoms with Gasteiger partial charge in [-0.15, -0.1) is 0 Å². The molecule has 2 amide bonds. The van der Waals surface area contributed by atoms with Gasteiger partial charge in [-0.2, -0.15) is 0 Å². The van der Waals surface area contributed by atoms with Crippen LogP contribution in [0.2, 0.25) is 5.02 Å². The van der Waals surface area contributed by atoms with Crippen LogP contribution in [0.4, 0.5) is 0 Å². The zero-order valence-corrected chi connectivity index (χ0v) is 16.6. The van der Waals surface area contributed by atoms with Gasteiger partial charge >= 0.3 is 5.97 Å².